The van der Waals surface area contributed by atoms with Gasteiger partial charge in [-0.3, -0.25) is 4.40 Å². The molecule has 0 aliphatic carbocycles. The van der Waals surface area contributed by atoms with E-state index in [0.717, 1.165) is 17.2 Å². The molecular formula is C15H12ClN5. The fourth-order valence-electron chi connectivity index (χ4n) is 2.17. The molecule has 0 aliphatic heterocycles. The number of nitrogens with one attached hydrogen (secondary N) is 1. The van der Waals surface area contributed by atoms with E-state index in [-0.39, 0.29) is 6.04 Å². The van der Waals surface area contributed by atoms with Crippen LogP contribution in [0.3, 0.4) is 0 Å². The second kappa shape index (κ2) is 5.43. The van der Waals surface area contributed by atoms with E-state index in [9.17, 15) is 0 Å². The van der Waals surface area contributed by atoms with Gasteiger partial charge in [-0.05, 0) is 37.3 Å². The quantitative estimate of drug-likeness (QED) is 0.804. The Morgan fingerprint density at radius 2 is 2.14 bits per heavy atom. The summed E-state index contributed by atoms with van der Waals surface area (Å²) in [6, 6.07) is 13.0. The third kappa shape index (κ3) is 2.54. The minimum Gasteiger partial charge on any atom is -0.375 e. The van der Waals surface area contributed by atoms with Crippen LogP contribution in [0.1, 0.15) is 24.4 Å². The van der Waals surface area contributed by atoms with E-state index in [1.807, 2.05) is 47.9 Å². The van der Waals surface area contributed by atoms with Gasteiger partial charge in [0.25, 0.3) is 0 Å². The molecule has 3 aromatic rings. The minimum atomic E-state index is -0.0496. The predicted octanol–water partition coefficient (Wildman–Crippen LogP) is 3.43. The molecule has 0 fully saturated rings. The Morgan fingerprint density at radius 1 is 1.29 bits per heavy atom. The van der Waals surface area contributed by atoms with Crippen LogP contribution in [0.15, 0.2) is 42.6 Å². The molecule has 0 radical (unpaired) electrons. The van der Waals surface area contributed by atoms with Crippen molar-refractivity contribution in [3.8, 4) is 6.07 Å². The van der Waals surface area contributed by atoms with Crippen molar-refractivity contribution in [2.45, 2.75) is 13.0 Å². The van der Waals surface area contributed by atoms with Crippen molar-refractivity contribution < 1.29 is 0 Å². The average molecular weight is 298 g/mol. The van der Waals surface area contributed by atoms with Crippen molar-refractivity contribution in [1.29, 1.82) is 5.26 Å². The van der Waals surface area contributed by atoms with E-state index in [4.69, 9.17) is 16.9 Å². The van der Waals surface area contributed by atoms with Gasteiger partial charge in [0.2, 0.25) is 0 Å². The van der Waals surface area contributed by atoms with Gasteiger partial charge in [-0.1, -0.05) is 17.7 Å². The summed E-state index contributed by atoms with van der Waals surface area (Å²) in [4.78, 5) is 0. The number of aromatic nitrogens is 3. The molecule has 0 saturated heterocycles. The number of pyridine rings is 1. The van der Waals surface area contributed by atoms with Crippen molar-refractivity contribution in [3.63, 3.8) is 0 Å². The molecule has 1 atom stereocenters. The lowest BCUT2D eigenvalue weighted by Gasteiger charge is -2.14. The van der Waals surface area contributed by atoms with Crippen LogP contribution in [0.25, 0.3) is 5.65 Å². The summed E-state index contributed by atoms with van der Waals surface area (Å²) in [6.45, 7) is 2.00. The topological polar surface area (TPSA) is 66.0 Å². The maximum absolute atomic E-state index is 8.88. The summed E-state index contributed by atoms with van der Waals surface area (Å²) in [6.07, 6.45) is 1.93. The zero-order valence-electron chi connectivity index (χ0n) is 11.3. The van der Waals surface area contributed by atoms with Gasteiger partial charge in [0, 0.05) is 11.9 Å². The van der Waals surface area contributed by atoms with E-state index < -0.39 is 0 Å². The summed E-state index contributed by atoms with van der Waals surface area (Å²) in [5, 5.41) is 21.0. The first kappa shape index (κ1) is 13.4. The Bertz CT molecular complexity index is 833. The summed E-state index contributed by atoms with van der Waals surface area (Å²) in [5.41, 5.74) is 2.10. The number of hydrogen-bond donors (Lipinski definition) is 1. The van der Waals surface area contributed by atoms with Crippen molar-refractivity contribution in [1.82, 2.24) is 14.6 Å². The molecule has 0 bridgehead atoms. The predicted molar refractivity (Wildman–Crippen MR) is 81.2 cm³/mol. The van der Waals surface area contributed by atoms with Crippen molar-refractivity contribution in [3.05, 3.63) is 59.0 Å². The molecule has 0 aliphatic rings. The van der Waals surface area contributed by atoms with Gasteiger partial charge in [0.1, 0.15) is 6.07 Å². The van der Waals surface area contributed by atoms with Gasteiger partial charge < -0.3 is 5.32 Å². The molecule has 6 heteroatoms. The zero-order chi connectivity index (χ0) is 14.8. The molecule has 21 heavy (non-hydrogen) atoms. The number of halogens is 1. The van der Waals surface area contributed by atoms with Crippen LogP contribution in [-0.2, 0) is 0 Å². The first-order valence-corrected chi connectivity index (χ1v) is 6.82. The summed E-state index contributed by atoms with van der Waals surface area (Å²) >= 11 is 6.04. The number of hydrogen-bond acceptors (Lipinski definition) is 4. The molecule has 0 unspecified atom stereocenters. The maximum Gasteiger partial charge on any atom is 0.160 e. The molecule has 0 amide bonds. The van der Waals surface area contributed by atoms with Crippen LogP contribution in [0.5, 0.6) is 0 Å². The Hall–Kier alpha value is -2.58. The molecule has 0 saturated carbocycles. The van der Waals surface area contributed by atoms with Crippen LogP contribution >= 0.6 is 11.6 Å². The second-order valence-corrected chi connectivity index (χ2v) is 5.07. The number of anilines is 1. The highest BCUT2D eigenvalue weighted by atomic mass is 35.5. The molecule has 5 nitrogen and oxygen atoms in total. The Labute approximate surface area is 126 Å². The Morgan fingerprint density at radius 3 is 2.90 bits per heavy atom. The highest BCUT2D eigenvalue weighted by Gasteiger charge is 2.13. The minimum absolute atomic E-state index is 0.0496. The Kier molecular flexibility index (Phi) is 3.46. The van der Waals surface area contributed by atoms with Gasteiger partial charge in [0.15, 0.2) is 11.5 Å². The SMILES string of the molecule is C[C@@H](Nc1ccc(C#N)c(Cl)c1)c1nnc2ccccn12. The van der Waals surface area contributed by atoms with E-state index in [1.54, 1.807) is 12.1 Å². The summed E-state index contributed by atoms with van der Waals surface area (Å²) in [5.74, 6) is 0.811. The van der Waals surface area contributed by atoms with Gasteiger partial charge in [-0.2, -0.15) is 5.26 Å². The van der Waals surface area contributed by atoms with Crippen molar-refractivity contribution in [2.24, 2.45) is 0 Å². The first-order chi connectivity index (χ1) is 10.2. The molecule has 2 heterocycles. The molecule has 2 aromatic heterocycles. The highest BCUT2D eigenvalue weighted by molar-refractivity contribution is 6.32. The van der Waals surface area contributed by atoms with Crippen LogP contribution in [0, 0.1) is 11.3 Å². The average Bonchev–Trinajstić information content (AvgIpc) is 2.91. The lowest BCUT2D eigenvalue weighted by Crippen LogP contribution is -2.10. The maximum atomic E-state index is 8.88. The second-order valence-electron chi connectivity index (χ2n) is 4.66. The normalized spacial score (nSPS) is 12.0. The van der Waals surface area contributed by atoms with Gasteiger partial charge in [0.05, 0.1) is 16.6 Å². The zero-order valence-corrected chi connectivity index (χ0v) is 12.0. The van der Waals surface area contributed by atoms with E-state index >= 15 is 0 Å². The fraction of sp³-hybridized carbons (Fsp3) is 0.133. The fourth-order valence-corrected chi connectivity index (χ4v) is 2.39. The van der Waals surface area contributed by atoms with E-state index in [1.165, 1.54) is 0 Å². The Balaban J connectivity index is 1.88. The standard InChI is InChI=1S/C15H12ClN5/c1-10(15-20-19-14-4-2-3-7-21(14)15)18-12-6-5-11(9-17)13(16)8-12/h2-8,10,18H,1H3/t10-/m1/s1. The molecule has 104 valence electrons. The number of benzene rings is 1. The summed E-state index contributed by atoms with van der Waals surface area (Å²) in [7, 11) is 0. The smallest absolute Gasteiger partial charge is 0.160 e. The van der Waals surface area contributed by atoms with Crippen LogP contribution in [0.2, 0.25) is 5.02 Å². The van der Waals surface area contributed by atoms with Crippen molar-refractivity contribution >= 4 is 22.9 Å². The van der Waals surface area contributed by atoms with Gasteiger partial charge in [-0.25, -0.2) is 0 Å². The lowest BCUT2D eigenvalue weighted by atomic mass is 10.2. The van der Waals surface area contributed by atoms with Gasteiger partial charge >= 0.3 is 0 Å². The van der Waals surface area contributed by atoms with Crippen LogP contribution in [-0.4, -0.2) is 14.6 Å². The van der Waals surface area contributed by atoms with Crippen LogP contribution < -0.4 is 5.32 Å². The lowest BCUT2D eigenvalue weighted by molar-refractivity contribution is 0.773. The monoisotopic (exact) mass is 297 g/mol. The van der Waals surface area contributed by atoms with E-state index in [2.05, 4.69) is 15.5 Å². The largest absolute Gasteiger partial charge is 0.375 e. The van der Waals surface area contributed by atoms with Gasteiger partial charge in [-0.15, -0.1) is 10.2 Å². The third-order valence-corrected chi connectivity index (χ3v) is 3.51. The van der Waals surface area contributed by atoms with Crippen LogP contribution in [0.4, 0.5) is 5.69 Å². The number of fused-ring (bicyclic) bond motifs is 1. The summed E-state index contributed by atoms with van der Waals surface area (Å²) < 4.78 is 1.93. The number of nitrogens with zero attached hydrogens (tertiary/aromatic N) is 4. The van der Waals surface area contributed by atoms with Crippen molar-refractivity contribution in [2.75, 3.05) is 5.32 Å². The number of nitriles is 1. The third-order valence-electron chi connectivity index (χ3n) is 3.20. The van der Waals surface area contributed by atoms with E-state index in [0.29, 0.717) is 10.6 Å². The molecule has 1 N–H and O–H groups in total. The first-order valence-electron chi connectivity index (χ1n) is 6.45. The molecule has 0 spiro atoms. The molecule has 1 aromatic carbocycles. The highest BCUT2D eigenvalue weighted by Crippen LogP contribution is 2.23. The number of rotatable bonds is 3. The molecule has 3 rings (SSSR count). The molecular weight excluding hydrogens is 286 g/mol.